The van der Waals surface area contributed by atoms with Crippen LogP contribution in [0, 0.1) is 0 Å². The van der Waals surface area contributed by atoms with E-state index < -0.39 is 0 Å². The van der Waals surface area contributed by atoms with Crippen LogP contribution in [0.3, 0.4) is 0 Å². The lowest BCUT2D eigenvalue weighted by Gasteiger charge is -2.02. The molecule has 1 aromatic heterocycles. The number of halogens is 1. The van der Waals surface area contributed by atoms with Crippen molar-refractivity contribution in [2.24, 2.45) is 0 Å². The van der Waals surface area contributed by atoms with Gasteiger partial charge in [-0.15, -0.1) is 0 Å². The predicted molar refractivity (Wildman–Crippen MR) is 39.0 cm³/mol. The minimum absolute atomic E-state index is 0.118. The average Bonchev–Trinajstić information content (AvgIpc) is 2.34. The second-order valence-electron chi connectivity index (χ2n) is 2.02. The molecule has 0 amide bonds. The molecule has 56 valence electrons. The molecule has 0 fully saturated rings. The van der Waals surface area contributed by atoms with Gasteiger partial charge in [-0.1, -0.05) is 11.6 Å². The Bertz CT molecular complexity index is 211. The van der Waals surface area contributed by atoms with E-state index in [1.807, 2.05) is 14.0 Å². The van der Waals surface area contributed by atoms with E-state index in [9.17, 15) is 0 Å². The van der Waals surface area contributed by atoms with Crippen molar-refractivity contribution in [1.29, 1.82) is 0 Å². The molecule has 4 heteroatoms. The lowest BCUT2D eigenvalue weighted by atomic mass is 10.3. The molecule has 0 aliphatic heterocycles. The summed E-state index contributed by atoms with van der Waals surface area (Å²) in [5, 5.41) is 3.38. The summed E-state index contributed by atoms with van der Waals surface area (Å²) in [6.07, 6.45) is 1.42. The molecule has 0 saturated heterocycles. The smallest absolute Gasteiger partial charge is 0.212 e. The van der Waals surface area contributed by atoms with Gasteiger partial charge in [0.25, 0.3) is 0 Å². The molecule has 1 heterocycles. The maximum Gasteiger partial charge on any atom is 0.212 e. The third kappa shape index (κ3) is 1.49. The highest BCUT2D eigenvalue weighted by molar-refractivity contribution is 6.29. The van der Waals surface area contributed by atoms with Crippen molar-refractivity contribution in [3.8, 4) is 0 Å². The molecule has 0 radical (unpaired) electrons. The molecular weight excluding hydrogens is 152 g/mol. The van der Waals surface area contributed by atoms with Crippen molar-refractivity contribution in [2.75, 3.05) is 7.05 Å². The molecular formula is C6H9ClN2O. The van der Waals surface area contributed by atoms with Gasteiger partial charge in [0.1, 0.15) is 6.26 Å². The van der Waals surface area contributed by atoms with Crippen LogP contribution in [0.2, 0.25) is 5.15 Å². The van der Waals surface area contributed by atoms with Crippen LogP contribution in [0.5, 0.6) is 0 Å². The van der Waals surface area contributed by atoms with Crippen LogP contribution in [-0.4, -0.2) is 12.0 Å². The van der Waals surface area contributed by atoms with Crippen LogP contribution in [0.1, 0.15) is 18.9 Å². The molecule has 1 unspecified atom stereocenters. The van der Waals surface area contributed by atoms with Gasteiger partial charge in [-0.3, -0.25) is 0 Å². The Morgan fingerprint density at radius 1 is 1.80 bits per heavy atom. The Labute approximate surface area is 64.4 Å². The van der Waals surface area contributed by atoms with Crippen LogP contribution in [0.4, 0.5) is 0 Å². The Morgan fingerprint density at radius 3 is 2.90 bits per heavy atom. The van der Waals surface area contributed by atoms with E-state index in [4.69, 9.17) is 16.0 Å². The van der Waals surface area contributed by atoms with Gasteiger partial charge >= 0.3 is 0 Å². The fourth-order valence-electron chi connectivity index (χ4n) is 0.589. The third-order valence-corrected chi connectivity index (χ3v) is 1.47. The van der Waals surface area contributed by atoms with Gasteiger partial charge < -0.3 is 9.73 Å². The molecule has 0 spiro atoms. The van der Waals surface area contributed by atoms with Crippen LogP contribution >= 0.6 is 11.6 Å². The van der Waals surface area contributed by atoms with E-state index in [1.54, 1.807) is 0 Å². The Hall–Kier alpha value is -0.540. The summed E-state index contributed by atoms with van der Waals surface area (Å²) in [4.78, 5) is 3.92. The van der Waals surface area contributed by atoms with Gasteiger partial charge in [0.2, 0.25) is 5.89 Å². The minimum Gasteiger partial charge on any atom is -0.446 e. The first-order chi connectivity index (χ1) is 4.74. The van der Waals surface area contributed by atoms with Gasteiger partial charge in [0, 0.05) is 0 Å². The van der Waals surface area contributed by atoms with Crippen molar-refractivity contribution < 1.29 is 4.42 Å². The highest BCUT2D eigenvalue weighted by Crippen LogP contribution is 2.13. The molecule has 3 nitrogen and oxygen atoms in total. The minimum atomic E-state index is 0.118. The molecule has 0 aliphatic carbocycles. The number of nitrogens with one attached hydrogen (secondary N) is 1. The number of nitrogens with zero attached hydrogens (tertiary/aromatic N) is 1. The normalized spacial score (nSPS) is 13.5. The topological polar surface area (TPSA) is 38.1 Å². The largest absolute Gasteiger partial charge is 0.446 e. The lowest BCUT2D eigenvalue weighted by molar-refractivity contribution is 0.433. The number of aromatic nitrogens is 1. The molecule has 0 aromatic carbocycles. The van der Waals surface area contributed by atoms with Crippen molar-refractivity contribution in [1.82, 2.24) is 10.3 Å². The Kier molecular flexibility index (Phi) is 2.29. The summed E-state index contributed by atoms with van der Waals surface area (Å²) in [5.41, 5.74) is 0. The van der Waals surface area contributed by atoms with Gasteiger partial charge in [-0.25, -0.2) is 4.98 Å². The van der Waals surface area contributed by atoms with E-state index >= 15 is 0 Å². The van der Waals surface area contributed by atoms with Gasteiger partial charge in [-0.2, -0.15) is 0 Å². The summed E-state index contributed by atoms with van der Waals surface area (Å²) < 4.78 is 5.01. The second-order valence-corrected chi connectivity index (χ2v) is 2.41. The highest BCUT2D eigenvalue weighted by Gasteiger charge is 2.07. The fraction of sp³-hybridized carbons (Fsp3) is 0.500. The monoisotopic (exact) mass is 160 g/mol. The van der Waals surface area contributed by atoms with E-state index in [0.717, 1.165) is 0 Å². The first kappa shape index (κ1) is 7.57. The maximum absolute atomic E-state index is 5.53. The number of hydrogen-bond acceptors (Lipinski definition) is 3. The van der Waals surface area contributed by atoms with Crippen LogP contribution in [-0.2, 0) is 0 Å². The third-order valence-electron chi connectivity index (χ3n) is 1.30. The summed E-state index contributed by atoms with van der Waals surface area (Å²) in [7, 11) is 1.84. The zero-order chi connectivity index (χ0) is 7.56. The Morgan fingerprint density at radius 2 is 2.50 bits per heavy atom. The molecule has 0 bridgehead atoms. The van der Waals surface area contributed by atoms with E-state index in [-0.39, 0.29) is 6.04 Å². The SMILES string of the molecule is CNC(C)c1nc(Cl)co1. The van der Waals surface area contributed by atoms with E-state index in [2.05, 4.69) is 10.3 Å². The van der Waals surface area contributed by atoms with Crippen molar-refractivity contribution in [3.63, 3.8) is 0 Å². The summed E-state index contributed by atoms with van der Waals surface area (Å²) in [6, 6.07) is 0.118. The molecule has 10 heavy (non-hydrogen) atoms. The summed E-state index contributed by atoms with van der Waals surface area (Å²) in [5.74, 6) is 0.618. The average molecular weight is 161 g/mol. The Balaban J connectivity index is 2.74. The zero-order valence-electron chi connectivity index (χ0n) is 5.89. The van der Waals surface area contributed by atoms with Gasteiger partial charge in [0.05, 0.1) is 6.04 Å². The molecule has 0 saturated carbocycles. The first-order valence-electron chi connectivity index (χ1n) is 3.02. The highest BCUT2D eigenvalue weighted by atomic mass is 35.5. The summed E-state index contributed by atoms with van der Waals surface area (Å²) in [6.45, 7) is 1.95. The molecule has 1 N–H and O–H groups in total. The van der Waals surface area contributed by atoms with Crippen molar-refractivity contribution in [2.45, 2.75) is 13.0 Å². The molecule has 1 atom stereocenters. The lowest BCUT2D eigenvalue weighted by Crippen LogP contribution is -2.12. The number of rotatable bonds is 2. The van der Waals surface area contributed by atoms with Crippen molar-refractivity contribution in [3.05, 3.63) is 17.3 Å². The van der Waals surface area contributed by atoms with Crippen LogP contribution in [0.15, 0.2) is 10.7 Å². The first-order valence-corrected chi connectivity index (χ1v) is 3.40. The number of oxazole rings is 1. The predicted octanol–water partition coefficient (Wildman–Crippen LogP) is 1.61. The molecule has 1 rings (SSSR count). The van der Waals surface area contributed by atoms with Crippen LogP contribution in [0.25, 0.3) is 0 Å². The molecule has 1 aromatic rings. The standard InChI is InChI=1S/C6H9ClN2O/c1-4(8-2)6-9-5(7)3-10-6/h3-4,8H,1-2H3. The van der Waals surface area contributed by atoms with Gasteiger partial charge in [-0.05, 0) is 14.0 Å². The second kappa shape index (κ2) is 3.03. The zero-order valence-corrected chi connectivity index (χ0v) is 6.64. The quantitative estimate of drug-likeness (QED) is 0.715. The summed E-state index contributed by atoms with van der Waals surface area (Å²) >= 11 is 5.53. The maximum atomic E-state index is 5.53. The number of hydrogen-bond donors (Lipinski definition) is 1. The van der Waals surface area contributed by atoms with Gasteiger partial charge in [0.15, 0.2) is 5.15 Å². The van der Waals surface area contributed by atoms with Crippen molar-refractivity contribution >= 4 is 11.6 Å². The van der Waals surface area contributed by atoms with Crippen LogP contribution < -0.4 is 5.32 Å². The van der Waals surface area contributed by atoms with E-state index in [1.165, 1.54) is 6.26 Å². The fourth-order valence-corrected chi connectivity index (χ4v) is 0.717. The van der Waals surface area contributed by atoms with E-state index in [0.29, 0.717) is 11.0 Å². The molecule has 0 aliphatic rings.